The van der Waals surface area contributed by atoms with Gasteiger partial charge in [0, 0.05) is 4.47 Å². The number of hydrogen-bond acceptors (Lipinski definition) is 5. The van der Waals surface area contributed by atoms with E-state index in [-0.39, 0.29) is 13.2 Å². The van der Waals surface area contributed by atoms with Crippen molar-refractivity contribution in [1.29, 1.82) is 5.26 Å². The Morgan fingerprint density at radius 1 is 1.62 bits per heavy atom. The summed E-state index contributed by atoms with van der Waals surface area (Å²) in [6.45, 7) is -0.457. The molecule has 0 bridgehead atoms. The van der Waals surface area contributed by atoms with E-state index < -0.39 is 11.9 Å². The molecule has 0 aliphatic heterocycles. The summed E-state index contributed by atoms with van der Waals surface area (Å²) in [5.41, 5.74) is 6.20. The number of halogens is 2. The lowest BCUT2D eigenvalue weighted by Crippen LogP contribution is -2.13. The summed E-state index contributed by atoms with van der Waals surface area (Å²) >= 11 is 3.28. The van der Waals surface area contributed by atoms with Gasteiger partial charge in [0.2, 0.25) is 0 Å². The lowest BCUT2D eigenvalue weighted by atomic mass is 10.2. The molecule has 1 aromatic heterocycles. The van der Waals surface area contributed by atoms with Crippen LogP contribution in [0.5, 0.6) is 0 Å². The Morgan fingerprint density at radius 3 is 3.05 bits per heavy atom. The second-order valence-electron chi connectivity index (χ2n) is 3.97. The first kappa shape index (κ1) is 14.9. The molecule has 0 saturated heterocycles. The third kappa shape index (κ3) is 3.55. The fraction of sp³-hybridized carbons (Fsp3) is 0.167. The number of hydrogen-bond donors (Lipinski definition) is 1. The van der Waals surface area contributed by atoms with Gasteiger partial charge in [-0.05, 0) is 34.1 Å². The first-order chi connectivity index (χ1) is 10.0. The number of carbonyl (C=O) groups excluding carboxylic acids is 1. The minimum atomic E-state index is -0.979. The average molecular weight is 354 g/mol. The monoisotopic (exact) mass is 353 g/mol. The topological polar surface area (TPSA) is 107 Å². The highest BCUT2D eigenvalue weighted by molar-refractivity contribution is 9.10. The van der Waals surface area contributed by atoms with Crippen molar-refractivity contribution in [2.75, 3.05) is 6.61 Å². The molecule has 1 amide bonds. The molecular weight excluding hydrogens is 345 g/mol. The molecule has 0 unspecified atom stereocenters. The molecule has 1 aromatic carbocycles. The molecular formula is C12H9BrFN5O2. The summed E-state index contributed by atoms with van der Waals surface area (Å²) in [4.78, 5) is 10.4. The van der Waals surface area contributed by atoms with Gasteiger partial charge in [-0.1, -0.05) is 5.21 Å². The van der Waals surface area contributed by atoms with Crippen molar-refractivity contribution in [3.8, 4) is 6.07 Å². The zero-order valence-corrected chi connectivity index (χ0v) is 12.2. The summed E-state index contributed by atoms with van der Waals surface area (Å²) in [5.74, 6) is -0.568. The lowest BCUT2D eigenvalue weighted by molar-refractivity contribution is 0.168. The van der Waals surface area contributed by atoms with Gasteiger partial charge in [0.15, 0.2) is 0 Å². The van der Waals surface area contributed by atoms with Crippen molar-refractivity contribution in [2.24, 2.45) is 5.73 Å². The van der Waals surface area contributed by atoms with Gasteiger partial charge in [0.1, 0.15) is 18.0 Å². The number of aromatic nitrogens is 3. The Bertz CT molecular complexity index is 765. The summed E-state index contributed by atoms with van der Waals surface area (Å²) in [6, 6.07) is 5.17. The maximum absolute atomic E-state index is 13.7. The second kappa shape index (κ2) is 6.32. The van der Waals surface area contributed by atoms with E-state index >= 15 is 0 Å². The van der Waals surface area contributed by atoms with E-state index in [0.717, 1.165) is 6.08 Å². The number of nitrogens with zero attached hydrogens (tertiary/aromatic N) is 4. The molecule has 2 aromatic rings. The van der Waals surface area contributed by atoms with Gasteiger partial charge in [-0.25, -0.2) is 13.9 Å². The number of fused-ring (bicyclic) bond motifs is 1. The fourth-order valence-electron chi connectivity index (χ4n) is 1.63. The normalized spacial score (nSPS) is 11.4. The van der Waals surface area contributed by atoms with Crippen molar-refractivity contribution < 1.29 is 13.9 Å². The Labute approximate surface area is 126 Å². The number of nitrogens with two attached hydrogens (primary N) is 1. The van der Waals surface area contributed by atoms with E-state index in [1.807, 2.05) is 6.07 Å². The van der Waals surface area contributed by atoms with E-state index in [1.54, 1.807) is 12.1 Å². The number of rotatable bonds is 4. The molecule has 21 heavy (non-hydrogen) atoms. The van der Waals surface area contributed by atoms with Crippen LogP contribution < -0.4 is 5.73 Å². The van der Waals surface area contributed by atoms with E-state index in [4.69, 9.17) is 11.0 Å². The van der Waals surface area contributed by atoms with Crippen LogP contribution in [0.15, 0.2) is 28.5 Å². The van der Waals surface area contributed by atoms with Crippen molar-refractivity contribution in [3.05, 3.63) is 34.1 Å². The first-order valence-electron chi connectivity index (χ1n) is 5.71. The van der Waals surface area contributed by atoms with Crippen molar-refractivity contribution in [3.63, 3.8) is 0 Å². The van der Waals surface area contributed by atoms with Crippen LogP contribution in [0, 0.1) is 11.3 Å². The highest BCUT2D eigenvalue weighted by Gasteiger charge is 2.11. The zero-order valence-electron chi connectivity index (χ0n) is 10.6. The van der Waals surface area contributed by atoms with Crippen LogP contribution in [0.3, 0.4) is 0 Å². The van der Waals surface area contributed by atoms with Crippen LogP contribution >= 0.6 is 15.9 Å². The zero-order chi connectivity index (χ0) is 15.4. The molecule has 2 N–H and O–H groups in total. The maximum atomic E-state index is 13.7. The van der Waals surface area contributed by atoms with Crippen LogP contribution in [0.2, 0.25) is 0 Å². The molecule has 7 nitrogen and oxygen atoms in total. The number of primary amides is 1. The highest BCUT2D eigenvalue weighted by atomic mass is 79.9. The largest absolute Gasteiger partial charge is 0.445 e. The number of benzene rings is 1. The van der Waals surface area contributed by atoms with Crippen molar-refractivity contribution in [2.45, 2.75) is 6.54 Å². The minimum Gasteiger partial charge on any atom is -0.445 e. The van der Waals surface area contributed by atoms with Crippen molar-refractivity contribution in [1.82, 2.24) is 15.0 Å². The molecule has 0 saturated carbocycles. The average Bonchev–Trinajstić information content (AvgIpc) is 2.82. The van der Waals surface area contributed by atoms with E-state index in [1.165, 1.54) is 4.68 Å². The first-order valence-corrected chi connectivity index (χ1v) is 6.50. The molecule has 108 valence electrons. The molecule has 0 fully saturated rings. The number of allylic oxidation sites excluding steroid dienone is 1. The number of amides is 1. The van der Waals surface area contributed by atoms with Gasteiger partial charge in [-0.2, -0.15) is 5.26 Å². The molecule has 1 heterocycles. The molecule has 0 radical (unpaired) electrons. The predicted octanol–water partition coefficient (Wildman–Crippen LogP) is 2.01. The molecule has 0 atom stereocenters. The summed E-state index contributed by atoms with van der Waals surface area (Å²) < 4.78 is 20.0. The number of nitriles is 1. The molecule has 0 spiro atoms. The molecule has 9 heteroatoms. The predicted molar refractivity (Wildman–Crippen MR) is 74.7 cm³/mol. The Kier molecular flexibility index (Phi) is 4.49. The van der Waals surface area contributed by atoms with E-state index in [2.05, 4.69) is 31.0 Å². The third-order valence-corrected chi connectivity index (χ3v) is 3.14. The van der Waals surface area contributed by atoms with Gasteiger partial charge >= 0.3 is 6.09 Å². The Morgan fingerprint density at radius 2 is 2.38 bits per heavy atom. The minimum absolute atomic E-state index is 0.195. The highest BCUT2D eigenvalue weighted by Crippen LogP contribution is 2.24. The lowest BCUT2D eigenvalue weighted by Gasteiger charge is -2.02. The van der Waals surface area contributed by atoms with E-state index in [0.29, 0.717) is 21.1 Å². The van der Waals surface area contributed by atoms with Gasteiger partial charge in [-0.15, -0.1) is 5.10 Å². The quantitative estimate of drug-likeness (QED) is 0.904. The Hall–Kier alpha value is -2.47. The van der Waals surface area contributed by atoms with Gasteiger partial charge in [-0.3, -0.25) is 0 Å². The van der Waals surface area contributed by atoms with Crippen LogP contribution in [0.4, 0.5) is 9.18 Å². The SMILES string of the molecule is N#Cc1cc(Br)c2nnn(C/C(F)=C/COC(N)=O)c2c1. The standard InChI is InChI=1S/C12H9BrFN5O2/c13-9-3-7(5-15)4-10-11(9)17-18-19(10)6-8(14)1-2-21-12(16)20/h1,3-4H,2,6H2,(H2,16,20)/b8-1-. The molecule has 2 rings (SSSR count). The third-order valence-electron chi connectivity index (χ3n) is 2.53. The van der Waals surface area contributed by atoms with Crippen molar-refractivity contribution >= 4 is 33.1 Å². The number of ether oxygens (including phenoxy) is 1. The summed E-state index contributed by atoms with van der Waals surface area (Å²) in [7, 11) is 0. The Balaban J connectivity index is 2.25. The van der Waals surface area contributed by atoms with Crippen LogP contribution in [0.1, 0.15) is 5.56 Å². The van der Waals surface area contributed by atoms with Crippen LogP contribution in [0.25, 0.3) is 11.0 Å². The molecule has 0 aliphatic carbocycles. The van der Waals surface area contributed by atoms with Gasteiger partial charge < -0.3 is 10.5 Å². The van der Waals surface area contributed by atoms with Gasteiger partial charge in [0.05, 0.1) is 23.7 Å². The van der Waals surface area contributed by atoms with Crippen LogP contribution in [-0.2, 0) is 11.3 Å². The fourth-order valence-corrected chi connectivity index (χ4v) is 2.16. The second-order valence-corrected chi connectivity index (χ2v) is 4.82. The molecule has 0 aliphatic rings. The maximum Gasteiger partial charge on any atom is 0.404 e. The summed E-state index contributed by atoms with van der Waals surface area (Å²) in [6.07, 6.45) is 0.0921. The van der Waals surface area contributed by atoms with Gasteiger partial charge in [0.25, 0.3) is 0 Å². The number of carbonyl (C=O) groups is 1. The summed E-state index contributed by atoms with van der Waals surface area (Å²) in [5, 5.41) is 16.7. The van der Waals surface area contributed by atoms with E-state index in [9.17, 15) is 9.18 Å². The van der Waals surface area contributed by atoms with Crippen LogP contribution in [-0.4, -0.2) is 27.7 Å². The smallest absolute Gasteiger partial charge is 0.404 e.